The summed E-state index contributed by atoms with van der Waals surface area (Å²) in [6.45, 7) is 4.59. The molecule has 6 heteroatoms. The molecule has 0 saturated carbocycles. The molecular formula is C23H27N3O2S. The molecule has 0 N–H and O–H groups in total. The summed E-state index contributed by atoms with van der Waals surface area (Å²) >= 11 is 1.65. The summed E-state index contributed by atoms with van der Waals surface area (Å²) in [5.41, 5.74) is 3.12. The van der Waals surface area contributed by atoms with Crippen LogP contribution in [-0.4, -0.2) is 46.9 Å². The van der Waals surface area contributed by atoms with Crippen LogP contribution in [0.25, 0.3) is 11.3 Å². The van der Waals surface area contributed by atoms with Crippen LogP contribution < -0.4 is 0 Å². The smallest absolute Gasteiger partial charge is 0.227 e. The van der Waals surface area contributed by atoms with Gasteiger partial charge in [-0.25, -0.2) is 4.98 Å². The van der Waals surface area contributed by atoms with Crippen LogP contribution in [0, 0.1) is 6.92 Å². The molecule has 29 heavy (non-hydrogen) atoms. The van der Waals surface area contributed by atoms with Crippen LogP contribution in [0.4, 0.5) is 0 Å². The molecule has 5 nitrogen and oxygen atoms in total. The molecule has 2 aromatic heterocycles. The third-order valence-corrected chi connectivity index (χ3v) is 6.35. The van der Waals surface area contributed by atoms with Gasteiger partial charge in [-0.3, -0.25) is 4.79 Å². The van der Waals surface area contributed by atoms with Gasteiger partial charge in [0.15, 0.2) is 0 Å². The SMILES string of the molecule is Cc1nc(-c2ccc(CC(=O)N(Cc3ccco3)C3CCN(C)CC3)cc2)cs1. The molecule has 1 saturated heterocycles. The molecule has 0 aliphatic carbocycles. The Hall–Kier alpha value is -2.44. The van der Waals surface area contributed by atoms with Gasteiger partial charge in [-0.2, -0.15) is 0 Å². The van der Waals surface area contributed by atoms with Crippen LogP contribution >= 0.6 is 11.3 Å². The summed E-state index contributed by atoms with van der Waals surface area (Å²) in [7, 11) is 2.14. The summed E-state index contributed by atoms with van der Waals surface area (Å²) in [5.74, 6) is 1.000. The van der Waals surface area contributed by atoms with E-state index in [0.717, 1.165) is 53.5 Å². The largest absolute Gasteiger partial charge is 0.467 e. The maximum absolute atomic E-state index is 13.2. The highest BCUT2D eigenvalue weighted by atomic mass is 32.1. The van der Waals surface area contributed by atoms with Gasteiger partial charge < -0.3 is 14.2 Å². The number of hydrogen-bond donors (Lipinski definition) is 0. The molecule has 0 atom stereocenters. The van der Waals surface area contributed by atoms with Crippen LogP contribution in [0.15, 0.2) is 52.5 Å². The van der Waals surface area contributed by atoms with E-state index in [1.54, 1.807) is 17.6 Å². The van der Waals surface area contributed by atoms with Crippen molar-refractivity contribution in [3.63, 3.8) is 0 Å². The minimum absolute atomic E-state index is 0.160. The lowest BCUT2D eigenvalue weighted by Crippen LogP contribution is -2.46. The van der Waals surface area contributed by atoms with Crippen LogP contribution in [0.3, 0.4) is 0 Å². The van der Waals surface area contributed by atoms with E-state index in [0.29, 0.717) is 13.0 Å². The number of furan rings is 1. The van der Waals surface area contributed by atoms with E-state index >= 15 is 0 Å². The van der Waals surface area contributed by atoms with Gasteiger partial charge in [-0.15, -0.1) is 11.3 Å². The molecule has 152 valence electrons. The minimum Gasteiger partial charge on any atom is -0.467 e. The van der Waals surface area contributed by atoms with Crippen molar-refractivity contribution in [1.29, 1.82) is 0 Å². The fraction of sp³-hybridized carbons (Fsp3) is 0.391. The molecule has 0 radical (unpaired) electrons. The molecule has 1 aromatic carbocycles. The zero-order valence-corrected chi connectivity index (χ0v) is 17.8. The van der Waals surface area contributed by atoms with Gasteiger partial charge in [0.05, 0.1) is 29.9 Å². The van der Waals surface area contributed by atoms with E-state index < -0.39 is 0 Å². The maximum Gasteiger partial charge on any atom is 0.227 e. The molecule has 4 rings (SSSR count). The van der Waals surface area contributed by atoms with Crippen molar-refractivity contribution in [3.8, 4) is 11.3 Å². The molecule has 0 bridgehead atoms. The number of hydrogen-bond acceptors (Lipinski definition) is 5. The first-order chi connectivity index (χ1) is 14.1. The van der Waals surface area contributed by atoms with Gasteiger partial charge in [0.2, 0.25) is 5.91 Å². The highest BCUT2D eigenvalue weighted by molar-refractivity contribution is 7.09. The molecule has 1 aliphatic rings. The molecular weight excluding hydrogens is 382 g/mol. The lowest BCUT2D eigenvalue weighted by molar-refractivity contribution is -0.134. The number of carbonyl (C=O) groups excluding carboxylic acids is 1. The number of piperidine rings is 1. The fourth-order valence-corrected chi connectivity index (χ4v) is 4.49. The van der Waals surface area contributed by atoms with Crippen LogP contribution in [0.5, 0.6) is 0 Å². The third-order valence-electron chi connectivity index (χ3n) is 5.58. The number of carbonyl (C=O) groups is 1. The first kappa shape index (κ1) is 19.9. The van der Waals surface area contributed by atoms with Crippen molar-refractivity contribution >= 4 is 17.2 Å². The van der Waals surface area contributed by atoms with E-state index in [9.17, 15) is 4.79 Å². The number of nitrogens with zero attached hydrogens (tertiary/aromatic N) is 3. The molecule has 1 amide bonds. The second-order valence-corrected chi connectivity index (χ2v) is 8.82. The highest BCUT2D eigenvalue weighted by Crippen LogP contribution is 2.23. The van der Waals surface area contributed by atoms with E-state index in [1.165, 1.54) is 0 Å². The van der Waals surface area contributed by atoms with Crippen molar-refractivity contribution in [2.75, 3.05) is 20.1 Å². The van der Waals surface area contributed by atoms with Crippen molar-refractivity contribution in [1.82, 2.24) is 14.8 Å². The Morgan fingerprint density at radius 1 is 1.24 bits per heavy atom. The molecule has 3 aromatic rings. The standard InChI is InChI=1S/C23H27N3O2S/c1-17-24-22(16-29-17)19-7-5-18(6-8-19)14-23(27)26(15-21-4-3-13-28-21)20-9-11-25(2)12-10-20/h3-8,13,16,20H,9-12,14-15H2,1-2H3. The average molecular weight is 410 g/mol. The number of rotatable bonds is 6. The Bertz CT molecular complexity index is 925. The van der Waals surface area contributed by atoms with Crippen molar-refractivity contribution in [3.05, 3.63) is 64.4 Å². The Balaban J connectivity index is 1.46. The summed E-state index contributed by atoms with van der Waals surface area (Å²) in [6, 6.07) is 12.3. The first-order valence-corrected chi connectivity index (χ1v) is 11.0. The van der Waals surface area contributed by atoms with E-state index in [4.69, 9.17) is 4.42 Å². The lowest BCUT2D eigenvalue weighted by Gasteiger charge is -2.37. The Labute approximate surface area is 176 Å². The van der Waals surface area contributed by atoms with Gasteiger partial charge in [0, 0.05) is 17.0 Å². The Morgan fingerprint density at radius 2 is 2.00 bits per heavy atom. The predicted molar refractivity (Wildman–Crippen MR) is 116 cm³/mol. The minimum atomic E-state index is 0.160. The Morgan fingerprint density at radius 3 is 2.62 bits per heavy atom. The number of likely N-dealkylation sites (tertiary alicyclic amines) is 1. The van der Waals surface area contributed by atoms with Gasteiger partial charge in [-0.1, -0.05) is 24.3 Å². The fourth-order valence-electron chi connectivity index (χ4n) is 3.86. The summed E-state index contributed by atoms with van der Waals surface area (Å²) in [6.07, 6.45) is 4.09. The first-order valence-electron chi connectivity index (χ1n) is 10.1. The summed E-state index contributed by atoms with van der Waals surface area (Å²) in [4.78, 5) is 22.1. The molecule has 0 unspecified atom stereocenters. The van der Waals surface area contributed by atoms with Crippen LogP contribution in [-0.2, 0) is 17.8 Å². The van der Waals surface area contributed by atoms with E-state index in [1.807, 2.05) is 36.1 Å². The molecule has 1 aliphatic heterocycles. The third kappa shape index (κ3) is 4.95. The van der Waals surface area contributed by atoms with E-state index in [-0.39, 0.29) is 11.9 Å². The number of aromatic nitrogens is 1. The summed E-state index contributed by atoms with van der Waals surface area (Å²) < 4.78 is 5.53. The van der Waals surface area contributed by atoms with Crippen molar-refractivity contribution < 1.29 is 9.21 Å². The molecule has 0 spiro atoms. The monoisotopic (exact) mass is 409 g/mol. The summed E-state index contributed by atoms with van der Waals surface area (Å²) in [5, 5.41) is 3.13. The predicted octanol–water partition coefficient (Wildman–Crippen LogP) is 4.38. The van der Waals surface area contributed by atoms with Crippen LogP contribution in [0.1, 0.15) is 29.2 Å². The number of amides is 1. The van der Waals surface area contributed by atoms with E-state index in [2.05, 4.69) is 34.4 Å². The highest BCUT2D eigenvalue weighted by Gasteiger charge is 2.27. The van der Waals surface area contributed by atoms with Gasteiger partial charge in [0.1, 0.15) is 5.76 Å². The maximum atomic E-state index is 13.2. The zero-order chi connectivity index (χ0) is 20.2. The second-order valence-electron chi connectivity index (χ2n) is 7.76. The number of aryl methyl sites for hydroxylation is 1. The molecule has 3 heterocycles. The second kappa shape index (κ2) is 8.93. The van der Waals surface area contributed by atoms with Gasteiger partial charge >= 0.3 is 0 Å². The normalized spacial score (nSPS) is 15.5. The van der Waals surface area contributed by atoms with Crippen LogP contribution in [0.2, 0.25) is 0 Å². The number of benzene rings is 1. The quantitative estimate of drug-likeness (QED) is 0.606. The van der Waals surface area contributed by atoms with Gasteiger partial charge in [0.25, 0.3) is 0 Å². The zero-order valence-electron chi connectivity index (χ0n) is 17.0. The lowest BCUT2D eigenvalue weighted by atomic mass is 10.0. The topological polar surface area (TPSA) is 49.6 Å². The van der Waals surface area contributed by atoms with Crippen molar-refractivity contribution in [2.45, 2.75) is 38.8 Å². The van der Waals surface area contributed by atoms with Crippen molar-refractivity contribution in [2.24, 2.45) is 0 Å². The average Bonchev–Trinajstić information content (AvgIpc) is 3.39. The van der Waals surface area contributed by atoms with Gasteiger partial charge in [-0.05, 0) is 57.6 Å². The Kier molecular flexibility index (Phi) is 6.11. The number of thiazole rings is 1. The molecule has 1 fully saturated rings.